The van der Waals surface area contributed by atoms with Crippen LogP contribution in [0.3, 0.4) is 0 Å². The van der Waals surface area contributed by atoms with E-state index in [1.807, 2.05) is 0 Å². The first-order valence-electron chi connectivity index (χ1n) is 7.75. The Morgan fingerprint density at radius 2 is 1.55 bits per heavy atom. The fraction of sp³-hybridized carbons (Fsp3) is 0.933. The van der Waals surface area contributed by atoms with Crippen LogP contribution < -0.4 is 0 Å². The van der Waals surface area contributed by atoms with E-state index in [1.54, 1.807) is 0 Å². The molecule has 0 saturated heterocycles. The number of unbranched alkanes of at least 4 members (excludes halogenated alkanes) is 5. The van der Waals surface area contributed by atoms with Gasteiger partial charge in [-0.3, -0.25) is 4.79 Å². The van der Waals surface area contributed by atoms with Gasteiger partial charge in [0.05, 0.1) is 16.3 Å². The molecule has 0 aromatic heterocycles. The molecule has 1 N–H and O–H groups in total. The maximum Gasteiger partial charge on any atom is 0.305 e. The molecule has 0 aliphatic carbocycles. The second kappa shape index (κ2) is 15.9. The molecule has 7 heteroatoms. The van der Waals surface area contributed by atoms with Gasteiger partial charge in [0.25, 0.3) is 0 Å². The summed E-state index contributed by atoms with van der Waals surface area (Å²) in [6.45, 7) is 0.301. The highest BCUT2D eigenvalue weighted by atomic mass is 79.9. The van der Waals surface area contributed by atoms with E-state index in [1.165, 1.54) is 32.1 Å². The molecule has 0 aliphatic heterocycles. The number of alkyl halides is 4. The second-order valence-electron chi connectivity index (χ2n) is 5.31. The van der Waals surface area contributed by atoms with Gasteiger partial charge in [-0.05, 0) is 12.8 Å². The maximum absolute atomic E-state index is 11.6. The summed E-state index contributed by atoms with van der Waals surface area (Å²) in [5, 5.41) is 9.97. The van der Waals surface area contributed by atoms with Crippen LogP contribution in [0.15, 0.2) is 0 Å². The first-order chi connectivity index (χ1) is 10.5. The molecule has 0 aromatic carbocycles. The summed E-state index contributed by atoms with van der Waals surface area (Å²) in [4.78, 5) is 12.0. The molecule has 3 nitrogen and oxygen atoms in total. The molecular formula is C15H26Br4O3. The van der Waals surface area contributed by atoms with Crippen molar-refractivity contribution in [2.45, 2.75) is 65.8 Å². The van der Waals surface area contributed by atoms with Crippen LogP contribution in [-0.4, -0.2) is 44.1 Å². The number of hydrogen-bond donors (Lipinski definition) is 1. The summed E-state index contributed by atoms with van der Waals surface area (Å²) in [6.07, 6.45) is 8.62. The van der Waals surface area contributed by atoms with Gasteiger partial charge >= 0.3 is 5.97 Å². The summed E-state index contributed by atoms with van der Waals surface area (Å²) >= 11 is 13.7. The highest BCUT2D eigenvalue weighted by Gasteiger charge is 2.16. The van der Waals surface area contributed by atoms with E-state index in [-0.39, 0.29) is 28.8 Å². The molecule has 0 bridgehead atoms. The van der Waals surface area contributed by atoms with Crippen molar-refractivity contribution in [3.63, 3.8) is 0 Å². The van der Waals surface area contributed by atoms with Crippen LogP contribution in [0.2, 0.25) is 0 Å². The zero-order chi connectivity index (χ0) is 16.8. The molecule has 0 amide bonds. The summed E-state index contributed by atoms with van der Waals surface area (Å²) in [7, 11) is 0. The normalized spacial score (nSPS) is 15.3. The predicted molar refractivity (Wildman–Crippen MR) is 107 cm³/mol. The molecule has 0 rings (SSSR count). The molecule has 0 heterocycles. The van der Waals surface area contributed by atoms with E-state index in [0.29, 0.717) is 11.2 Å². The summed E-state index contributed by atoms with van der Waals surface area (Å²) in [5.74, 6) is -0.151. The van der Waals surface area contributed by atoms with Crippen molar-refractivity contribution in [2.75, 3.05) is 18.5 Å². The Hall–Kier alpha value is 1.35. The van der Waals surface area contributed by atoms with E-state index in [4.69, 9.17) is 9.84 Å². The Bertz CT molecular complexity index is 280. The molecule has 0 fully saturated rings. The summed E-state index contributed by atoms with van der Waals surface area (Å²) in [6, 6.07) is 0. The molecule has 22 heavy (non-hydrogen) atoms. The first kappa shape index (κ1) is 23.4. The van der Waals surface area contributed by atoms with Gasteiger partial charge in [-0.25, -0.2) is 0 Å². The maximum atomic E-state index is 11.6. The highest BCUT2D eigenvalue weighted by Crippen LogP contribution is 2.16. The summed E-state index contributed by atoms with van der Waals surface area (Å²) in [5.41, 5.74) is 0. The molecule has 0 saturated carbocycles. The average molecular weight is 574 g/mol. The van der Waals surface area contributed by atoms with Gasteiger partial charge in [-0.1, -0.05) is 95.8 Å². The Morgan fingerprint density at radius 3 is 2.14 bits per heavy atom. The van der Waals surface area contributed by atoms with Crippen molar-refractivity contribution >= 4 is 69.7 Å². The van der Waals surface area contributed by atoms with Gasteiger partial charge in [0.15, 0.2) is 0 Å². The smallest absolute Gasteiger partial charge is 0.305 e. The number of ether oxygens (including phenoxy) is 1. The van der Waals surface area contributed by atoms with Crippen LogP contribution in [0, 0.1) is 0 Å². The van der Waals surface area contributed by atoms with Crippen molar-refractivity contribution in [1.82, 2.24) is 0 Å². The van der Waals surface area contributed by atoms with E-state index in [2.05, 4.69) is 63.7 Å². The van der Waals surface area contributed by atoms with Gasteiger partial charge < -0.3 is 9.84 Å². The third-order valence-electron chi connectivity index (χ3n) is 3.29. The van der Waals surface area contributed by atoms with Gasteiger partial charge in [-0.2, -0.15) is 0 Å². The zero-order valence-electron chi connectivity index (χ0n) is 12.8. The quantitative estimate of drug-likeness (QED) is 0.174. The first-order valence-corrected chi connectivity index (χ1v) is 11.6. The van der Waals surface area contributed by atoms with E-state index < -0.39 is 0 Å². The van der Waals surface area contributed by atoms with Gasteiger partial charge in [0.2, 0.25) is 0 Å². The Morgan fingerprint density at radius 1 is 0.955 bits per heavy atom. The van der Waals surface area contributed by atoms with E-state index in [9.17, 15) is 4.79 Å². The number of carbonyl (C=O) groups is 1. The second-order valence-corrected chi connectivity index (χ2v) is 9.60. The van der Waals surface area contributed by atoms with Gasteiger partial charge in [-0.15, -0.1) is 0 Å². The molecule has 0 radical (unpaired) electrons. The Balaban J connectivity index is 3.39. The lowest BCUT2D eigenvalue weighted by molar-refractivity contribution is -0.143. The van der Waals surface area contributed by atoms with Crippen LogP contribution in [0.1, 0.15) is 51.4 Å². The average Bonchev–Trinajstić information content (AvgIpc) is 2.53. The number of rotatable bonds is 14. The highest BCUT2D eigenvalue weighted by molar-refractivity contribution is 9.12. The van der Waals surface area contributed by atoms with Crippen LogP contribution in [0.4, 0.5) is 0 Å². The minimum absolute atomic E-state index is 0.0128. The largest absolute Gasteiger partial charge is 0.464 e. The minimum atomic E-state index is -0.151. The standard InChI is InChI=1S/C15H26Br4O3/c16-9-12(17)7-5-3-1-2-4-6-8-15(21)22-11-14(19)13(18)10-20/h12-14,20H,1-11H2. The lowest BCUT2D eigenvalue weighted by atomic mass is 10.1. The molecule has 132 valence electrons. The molecule has 0 aromatic rings. The third-order valence-corrected chi connectivity index (χ3v) is 8.26. The summed E-state index contributed by atoms with van der Waals surface area (Å²) < 4.78 is 5.17. The van der Waals surface area contributed by atoms with Crippen LogP contribution in [-0.2, 0) is 9.53 Å². The number of esters is 1. The van der Waals surface area contributed by atoms with Crippen LogP contribution >= 0.6 is 63.7 Å². The van der Waals surface area contributed by atoms with E-state index >= 15 is 0 Å². The molecular weight excluding hydrogens is 548 g/mol. The van der Waals surface area contributed by atoms with Crippen molar-refractivity contribution in [3.8, 4) is 0 Å². The Kier molecular flexibility index (Phi) is 16.8. The van der Waals surface area contributed by atoms with Crippen molar-refractivity contribution in [1.29, 1.82) is 0 Å². The number of aliphatic hydroxyl groups is 1. The SMILES string of the molecule is O=C(CCCCCCCCC(Br)CBr)OCC(Br)C(Br)CO. The predicted octanol–water partition coefficient (Wildman–Crippen LogP) is 5.33. The topological polar surface area (TPSA) is 46.5 Å². The van der Waals surface area contributed by atoms with Crippen molar-refractivity contribution < 1.29 is 14.6 Å². The zero-order valence-corrected chi connectivity index (χ0v) is 19.1. The number of aliphatic hydroxyl groups excluding tert-OH is 1. The van der Waals surface area contributed by atoms with Crippen molar-refractivity contribution in [2.24, 2.45) is 0 Å². The lowest BCUT2D eigenvalue weighted by Crippen LogP contribution is -2.24. The van der Waals surface area contributed by atoms with Crippen molar-refractivity contribution in [3.05, 3.63) is 0 Å². The van der Waals surface area contributed by atoms with Gasteiger partial charge in [0, 0.05) is 16.6 Å². The van der Waals surface area contributed by atoms with Gasteiger partial charge in [0.1, 0.15) is 6.61 Å². The number of halogens is 4. The lowest BCUT2D eigenvalue weighted by Gasteiger charge is -2.14. The minimum Gasteiger partial charge on any atom is -0.464 e. The van der Waals surface area contributed by atoms with E-state index in [0.717, 1.165) is 18.2 Å². The van der Waals surface area contributed by atoms with Crippen LogP contribution in [0.25, 0.3) is 0 Å². The molecule has 0 aliphatic rings. The monoisotopic (exact) mass is 570 g/mol. The fourth-order valence-electron chi connectivity index (χ4n) is 1.88. The molecule has 3 unspecified atom stereocenters. The molecule has 0 spiro atoms. The molecule has 3 atom stereocenters. The van der Waals surface area contributed by atoms with Crippen LogP contribution in [0.5, 0.6) is 0 Å². The fourth-order valence-corrected chi connectivity index (χ4v) is 2.98. The number of carbonyl (C=O) groups excluding carboxylic acids is 1. The third kappa shape index (κ3) is 13.8. The number of hydrogen-bond acceptors (Lipinski definition) is 3. The Labute approximate surface area is 167 Å².